The number of rotatable bonds is 6. The highest BCUT2D eigenvalue weighted by atomic mass is 35.5. The largest absolute Gasteiger partial charge is 0.481 e. The number of hydrogen-bond acceptors (Lipinski definition) is 4. The average Bonchev–Trinajstić information content (AvgIpc) is 2.28. The zero-order valence-corrected chi connectivity index (χ0v) is 9.78. The Morgan fingerprint density at radius 2 is 2.12 bits per heavy atom. The minimum Gasteiger partial charge on any atom is -0.481 e. The number of carboxylic acid groups (broad SMARTS) is 1. The van der Waals surface area contributed by atoms with E-state index in [-0.39, 0.29) is 23.2 Å². The molecule has 17 heavy (non-hydrogen) atoms. The van der Waals surface area contributed by atoms with Crippen molar-refractivity contribution in [2.24, 2.45) is 0 Å². The number of carboxylic acids is 1. The van der Waals surface area contributed by atoms with Crippen LogP contribution in [-0.2, 0) is 4.79 Å². The third kappa shape index (κ3) is 5.26. The first-order valence-electron chi connectivity index (χ1n) is 5.07. The van der Waals surface area contributed by atoms with Crippen molar-refractivity contribution in [3.8, 4) is 0 Å². The van der Waals surface area contributed by atoms with Gasteiger partial charge in [0.2, 0.25) is 0 Å². The molecule has 0 aliphatic rings. The highest BCUT2D eigenvalue weighted by Crippen LogP contribution is 2.02. The lowest BCUT2D eigenvalue weighted by Gasteiger charge is -2.03. The van der Waals surface area contributed by atoms with Gasteiger partial charge < -0.3 is 10.4 Å². The lowest BCUT2D eigenvalue weighted by molar-refractivity contribution is -0.137. The molecule has 0 spiro atoms. The summed E-state index contributed by atoms with van der Waals surface area (Å²) in [7, 11) is 0. The molecule has 1 aromatic rings. The molecule has 0 unspecified atom stereocenters. The third-order valence-electron chi connectivity index (χ3n) is 1.94. The van der Waals surface area contributed by atoms with Crippen LogP contribution in [0.3, 0.4) is 0 Å². The number of aromatic nitrogens is 2. The van der Waals surface area contributed by atoms with Crippen molar-refractivity contribution in [2.75, 3.05) is 6.54 Å². The second-order valence-corrected chi connectivity index (χ2v) is 3.72. The molecule has 7 heteroatoms. The number of amides is 1. The summed E-state index contributed by atoms with van der Waals surface area (Å²) in [5, 5.41) is 11.2. The van der Waals surface area contributed by atoms with E-state index in [0.29, 0.717) is 19.4 Å². The van der Waals surface area contributed by atoms with Crippen LogP contribution < -0.4 is 5.32 Å². The maximum absolute atomic E-state index is 11.5. The first kappa shape index (κ1) is 13.4. The predicted octanol–water partition coefficient (Wildman–Crippen LogP) is 1.11. The second kappa shape index (κ2) is 6.80. The molecule has 0 aliphatic carbocycles. The molecule has 1 heterocycles. The van der Waals surface area contributed by atoms with Crippen LogP contribution in [0.5, 0.6) is 0 Å². The second-order valence-electron chi connectivity index (χ2n) is 3.33. The molecule has 6 nitrogen and oxygen atoms in total. The maximum atomic E-state index is 11.5. The molecule has 0 atom stereocenters. The van der Waals surface area contributed by atoms with Crippen molar-refractivity contribution in [1.29, 1.82) is 0 Å². The van der Waals surface area contributed by atoms with Crippen molar-refractivity contribution < 1.29 is 14.7 Å². The van der Waals surface area contributed by atoms with Gasteiger partial charge in [0.25, 0.3) is 5.91 Å². The molecule has 0 bridgehead atoms. The van der Waals surface area contributed by atoms with Gasteiger partial charge in [0.1, 0.15) is 10.8 Å². The number of carbonyl (C=O) groups excluding carboxylic acids is 1. The van der Waals surface area contributed by atoms with Crippen LogP contribution in [-0.4, -0.2) is 33.5 Å². The number of nitrogens with zero attached hydrogens (tertiary/aromatic N) is 2. The number of unbranched alkanes of at least 4 members (excludes halogenated alkanes) is 1. The van der Waals surface area contributed by atoms with E-state index in [1.807, 2.05) is 0 Å². The van der Waals surface area contributed by atoms with Gasteiger partial charge in [-0.25, -0.2) is 4.98 Å². The number of aliphatic carboxylic acids is 1. The van der Waals surface area contributed by atoms with Gasteiger partial charge in [-0.3, -0.25) is 14.6 Å². The maximum Gasteiger partial charge on any atom is 0.303 e. The molecule has 2 N–H and O–H groups in total. The van der Waals surface area contributed by atoms with E-state index in [9.17, 15) is 9.59 Å². The SMILES string of the molecule is O=C(O)CCCCNC(=O)c1cncc(Cl)n1. The smallest absolute Gasteiger partial charge is 0.303 e. The lowest BCUT2D eigenvalue weighted by atomic mass is 10.2. The summed E-state index contributed by atoms with van der Waals surface area (Å²) in [5.74, 6) is -1.20. The van der Waals surface area contributed by atoms with Crippen molar-refractivity contribution in [1.82, 2.24) is 15.3 Å². The predicted molar refractivity (Wildman–Crippen MR) is 60.9 cm³/mol. The Labute approximate surface area is 103 Å². The number of hydrogen-bond donors (Lipinski definition) is 2. The van der Waals surface area contributed by atoms with E-state index in [0.717, 1.165) is 0 Å². The molecule has 0 saturated carbocycles. The molecule has 0 aromatic carbocycles. The zero-order valence-electron chi connectivity index (χ0n) is 9.02. The van der Waals surface area contributed by atoms with Crippen molar-refractivity contribution in [3.63, 3.8) is 0 Å². The molecule has 0 radical (unpaired) electrons. The summed E-state index contributed by atoms with van der Waals surface area (Å²) in [6.45, 7) is 0.403. The molecule has 92 valence electrons. The third-order valence-corrected chi connectivity index (χ3v) is 2.12. The van der Waals surface area contributed by atoms with Crippen molar-refractivity contribution in [3.05, 3.63) is 23.2 Å². The van der Waals surface area contributed by atoms with E-state index in [1.165, 1.54) is 12.4 Å². The normalized spacial score (nSPS) is 9.94. The van der Waals surface area contributed by atoms with Gasteiger partial charge in [-0.1, -0.05) is 11.6 Å². The van der Waals surface area contributed by atoms with E-state index in [1.54, 1.807) is 0 Å². The van der Waals surface area contributed by atoms with Gasteiger partial charge in [0.15, 0.2) is 0 Å². The fourth-order valence-electron chi connectivity index (χ4n) is 1.15. The Hall–Kier alpha value is -1.69. The van der Waals surface area contributed by atoms with Gasteiger partial charge in [-0.2, -0.15) is 0 Å². The zero-order chi connectivity index (χ0) is 12.7. The summed E-state index contributed by atoms with van der Waals surface area (Å²) in [6, 6.07) is 0. The molecular formula is C10H12ClN3O3. The summed E-state index contributed by atoms with van der Waals surface area (Å²) in [5.41, 5.74) is 0.149. The van der Waals surface area contributed by atoms with E-state index >= 15 is 0 Å². The van der Waals surface area contributed by atoms with Crippen molar-refractivity contribution in [2.45, 2.75) is 19.3 Å². The van der Waals surface area contributed by atoms with Crippen LogP contribution in [0.4, 0.5) is 0 Å². The number of halogens is 1. The molecule has 1 amide bonds. The van der Waals surface area contributed by atoms with E-state index < -0.39 is 5.97 Å². The van der Waals surface area contributed by atoms with Crippen LogP contribution in [0.25, 0.3) is 0 Å². The topological polar surface area (TPSA) is 92.2 Å². The van der Waals surface area contributed by atoms with Gasteiger partial charge in [-0.15, -0.1) is 0 Å². The van der Waals surface area contributed by atoms with Gasteiger partial charge in [-0.05, 0) is 12.8 Å². The molecule has 0 saturated heterocycles. The van der Waals surface area contributed by atoms with Gasteiger partial charge >= 0.3 is 5.97 Å². The van der Waals surface area contributed by atoms with E-state index in [4.69, 9.17) is 16.7 Å². The Kier molecular flexibility index (Phi) is 5.35. The number of nitrogens with one attached hydrogen (secondary N) is 1. The Morgan fingerprint density at radius 1 is 1.35 bits per heavy atom. The van der Waals surface area contributed by atoms with Crippen LogP contribution in [0, 0.1) is 0 Å². The number of carbonyl (C=O) groups is 2. The highest BCUT2D eigenvalue weighted by molar-refractivity contribution is 6.29. The fraction of sp³-hybridized carbons (Fsp3) is 0.400. The fourth-order valence-corrected chi connectivity index (χ4v) is 1.29. The van der Waals surface area contributed by atoms with Gasteiger partial charge in [0, 0.05) is 13.0 Å². The molecule has 0 aliphatic heterocycles. The Morgan fingerprint density at radius 3 is 2.76 bits per heavy atom. The molecule has 1 aromatic heterocycles. The Bertz CT molecular complexity index is 412. The van der Waals surface area contributed by atoms with Crippen LogP contribution in [0.2, 0.25) is 5.15 Å². The van der Waals surface area contributed by atoms with Crippen molar-refractivity contribution >= 4 is 23.5 Å². The highest BCUT2D eigenvalue weighted by Gasteiger charge is 2.07. The van der Waals surface area contributed by atoms with E-state index in [2.05, 4.69) is 15.3 Å². The van der Waals surface area contributed by atoms with Gasteiger partial charge in [0.05, 0.1) is 12.4 Å². The van der Waals surface area contributed by atoms with Crippen LogP contribution >= 0.6 is 11.6 Å². The van der Waals surface area contributed by atoms with Crippen LogP contribution in [0.1, 0.15) is 29.8 Å². The average molecular weight is 258 g/mol. The molecule has 1 rings (SSSR count). The summed E-state index contributed by atoms with van der Waals surface area (Å²) in [6.07, 6.45) is 3.89. The van der Waals surface area contributed by atoms with Crippen LogP contribution in [0.15, 0.2) is 12.4 Å². The molecular weight excluding hydrogens is 246 g/mol. The standard InChI is InChI=1S/C10H12ClN3O3/c11-8-6-12-5-7(14-8)10(17)13-4-2-1-3-9(15)16/h5-6H,1-4H2,(H,13,17)(H,15,16). The Balaban J connectivity index is 2.28. The lowest BCUT2D eigenvalue weighted by Crippen LogP contribution is -2.25. The minimum absolute atomic E-state index is 0.104. The summed E-state index contributed by atoms with van der Waals surface area (Å²) in [4.78, 5) is 29.3. The first-order valence-corrected chi connectivity index (χ1v) is 5.45. The monoisotopic (exact) mass is 257 g/mol. The summed E-state index contributed by atoms with van der Waals surface area (Å²) >= 11 is 5.59. The quantitative estimate of drug-likeness (QED) is 0.745. The molecule has 0 fully saturated rings. The summed E-state index contributed by atoms with van der Waals surface area (Å²) < 4.78 is 0. The first-order chi connectivity index (χ1) is 8.09. The minimum atomic E-state index is -0.836.